The predicted molar refractivity (Wildman–Crippen MR) is 70.7 cm³/mol. The minimum atomic E-state index is -0.216. The third-order valence-electron chi connectivity index (χ3n) is 3.69. The summed E-state index contributed by atoms with van der Waals surface area (Å²) in [6, 6.07) is 0. The topological polar surface area (TPSA) is 26.3 Å². The Labute approximate surface area is 105 Å². The molecule has 1 rings (SSSR count). The molecule has 0 aromatic rings. The first-order valence-electron chi connectivity index (χ1n) is 6.23. The lowest BCUT2D eigenvalue weighted by atomic mass is 9.58. The van der Waals surface area contributed by atoms with E-state index >= 15 is 0 Å². The van der Waals surface area contributed by atoms with Crippen LogP contribution >= 0.6 is 0 Å². The molecule has 0 aromatic carbocycles. The van der Waals surface area contributed by atoms with Crippen molar-refractivity contribution in [2.45, 2.75) is 48.0 Å². The van der Waals surface area contributed by atoms with Gasteiger partial charge in [0.2, 0.25) is 0 Å². The maximum absolute atomic E-state index is 11.4. The van der Waals surface area contributed by atoms with Crippen LogP contribution in [0.4, 0.5) is 0 Å². The number of esters is 1. The molecular formula is C15H24O2. The van der Waals surface area contributed by atoms with Crippen LogP contribution < -0.4 is 0 Å². The standard InChI is InChI=1S/C15H24O2/c1-10(2)7-14(16)17-9-12-8-13(11(3)4)15(12,5)6/h7,12H,8-9H2,1-6H3. The zero-order valence-electron chi connectivity index (χ0n) is 11.9. The van der Waals surface area contributed by atoms with Crippen molar-refractivity contribution in [3.8, 4) is 0 Å². The minimum absolute atomic E-state index is 0.185. The summed E-state index contributed by atoms with van der Waals surface area (Å²) in [7, 11) is 0. The minimum Gasteiger partial charge on any atom is -0.462 e. The average Bonchev–Trinajstić information content (AvgIpc) is 2.14. The molecule has 0 radical (unpaired) electrons. The summed E-state index contributed by atoms with van der Waals surface area (Å²) in [6.07, 6.45) is 2.62. The van der Waals surface area contributed by atoms with Gasteiger partial charge in [-0.15, -0.1) is 0 Å². The SMILES string of the molecule is CC(C)=CC(=O)OCC1CC(=C(C)C)C1(C)C. The number of carbonyl (C=O) groups is 1. The summed E-state index contributed by atoms with van der Waals surface area (Å²) in [4.78, 5) is 11.4. The molecular weight excluding hydrogens is 212 g/mol. The Morgan fingerprint density at radius 3 is 2.35 bits per heavy atom. The molecule has 0 heterocycles. The van der Waals surface area contributed by atoms with Gasteiger partial charge in [-0.25, -0.2) is 4.79 Å². The second-order valence-corrected chi connectivity index (χ2v) is 5.95. The Hall–Kier alpha value is -1.05. The van der Waals surface area contributed by atoms with Crippen LogP contribution in [-0.4, -0.2) is 12.6 Å². The number of ether oxygens (including phenoxy) is 1. The largest absolute Gasteiger partial charge is 0.462 e. The van der Waals surface area contributed by atoms with Gasteiger partial charge in [-0.1, -0.05) is 30.6 Å². The van der Waals surface area contributed by atoms with Gasteiger partial charge >= 0.3 is 5.97 Å². The first-order chi connectivity index (χ1) is 7.75. The smallest absolute Gasteiger partial charge is 0.330 e. The molecule has 0 spiro atoms. The van der Waals surface area contributed by atoms with Crippen LogP contribution in [0.1, 0.15) is 48.0 Å². The Kier molecular flexibility index (Phi) is 4.18. The molecule has 0 amide bonds. The van der Waals surface area contributed by atoms with E-state index in [0.29, 0.717) is 12.5 Å². The van der Waals surface area contributed by atoms with Gasteiger partial charge in [0.25, 0.3) is 0 Å². The molecule has 0 saturated heterocycles. The molecule has 1 atom stereocenters. The molecule has 17 heavy (non-hydrogen) atoms. The molecule has 0 bridgehead atoms. The van der Waals surface area contributed by atoms with Gasteiger partial charge in [-0.2, -0.15) is 0 Å². The highest BCUT2D eigenvalue weighted by Crippen LogP contribution is 2.52. The van der Waals surface area contributed by atoms with E-state index in [2.05, 4.69) is 27.7 Å². The van der Waals surface area contributed by atoms with Crippen molar-refractivity contribution in [3.63, 3.8) is 0 Å². The maximum atomic E-state index is 11.4. The Morgan fingerprint density at radius 2 is 1.94 bits per heavy atom. The van der Waals surface area contributed by atoms with E-state index in [1.165, 1.54) is 11.1 Å². The molecule has 1 aliphatic carbocycles. The molecule has 0 aliphatic heterocycles. The normalized spacial score (nSPS) is 21.5. The van der Waals surface area contributed by atoms with Crippen molar-refractivity contribution in [2.75, 3.05) is 6.61 Å². The Bertz CT molecular complexity index is 364. The maximum Gasteiger partial charge on any atom is 0.330 e. The van der Waals surface area contributed by atoms with Gasteiger partial charge in [0.1, 0.15) is 0 Å². The zero-order valence-corrected chi connectivity index (χ0v) is 11.9. The fraction of sp³-hybridized carbons (Fsp3) is 0.667. The van der Waals surface area contributed by atoms with E-state index in [1.54, 1.807) is 6.08 Å². The van der Waals surface area contributed by atoms with Crippen LogP contribution in [0.2, 0.25) is 0 Å². The van der Waals surface area contributed by atoms with Crippen LogP contribution in [0.15, 0.2) is 22.8 Å². The van der Waals surface area contributed by atoms with Crippen molar-refractivity contribution < 1.29 is 9.53 Å². The number of carbonyl (C=O) groups excluding carboxylic acids is 1. The monoisotopic (exact) mass is 236 g/mol. The quantitative estimate of drug-likeness (QED) is 0.422. The van der Waals surface area contributed by atoms with Gasteiger partial charge < -0.3 is 4.74 Å². The summed E-state index contributed by atoms with van der Waals surface area (Å²) >= 11 is 0. The van der Waals surface area contributed by atoms with Crippen molar-refractivity contribution in [1.29, 1.82) is 0 Å². The van der Waals surface area contributed by atoms with E-state index in [-0.39, 0.29) is 11.4 Å². The summed E-state index contributed by atoms with van der Waals surface area (Å²) in [5.74, 6) is 0.244. The summed E-state index contributed by atoms with van der Waals surface area (Å²) in [6.45, 7) is 13.1. The fourth-order valence-corrected chi connectivity index (χ4v) is 2.46. The molecule has 1 saturated carbocycles. The molecule has 1 unspecified atom stereocenters. The van der Waals surface area contributed by atoms with Gasteiger partial charge in [0, 0.05) is 12.0 Å². The van der Waals surface area contributed by atoms with E-state index in [1.807, 2.05) is 13.8 Å². The lowest BCUT2D eigenvalue weighted by molar-refractivity contribution is -0.141. The van der Waals surface area contributed by atoms with Gasteiger partial charge in [-0.05, 0) is 39.5 Å². The van der Waals surface area contributed by atoms with Crippen molar-refractivity contribution in [3.05, 3.63) is 22.8 Å². The highest BCUT2D eigenvalue weighted by Gasteiger charge is 2.44. The second-order valence-electron chi connectivity index (χ2n) is 5.95. The Morgan fingerprint density at radius 1 is 1.35 bits per heavy atom. The summed E-state index contributed by atoms with van der Waals surface area (Å²) < 4.78 is 5.28. The highest BCUT2D eigenvalue weighted by atomic mass is 16.5. The first-order valence-corrected chi connectivity index (χ1v) is 6.23. The predicted octanol–water partition coefficient (Wildman–Crippen LogP) is 3.88. The summed E-state index contributed by atoms with van der Waals surface area (Å²) in [5, 5.41) is 0. The van der Waals surface area contributed by atoms with Crippen LogP contribution in [0, 0.1) is 11.3 Å². The van der Waals surface area contributed by atoms with Gasteiger partial charge in [-0.3, -0.25) is 0 Å². The van der Waals surface area contributed by atoms with Crippen molar-refractivity contribution >= 4 is 5.97 Å². The number of hydrogen-bond donors (Lipinski definition) is 0. The van der Waals surface area contributed by atoms with E-state index < -0.39 is 0 Å². The third kappa shape index (κ3) is 3.21. The molecule has 2 nitrogen and oxygen atoms in total. The molecule has 96 valence electrons. The third-order valence-corrected chi connectivity index (χ3v) is 3.69. The number of hydrogen-bond acceptors (Lipinski definition) is 2. The molecule has 1 fully saturated rings. The van der Waals surface area contributed by atoms with Gasteiger partial charge in [0.05, 0.1) is 6.61 Å². The molecule has 1 aliphatic rings. The zero-order chi connectivity index (χ0) is 13.2. The average molecular weight is 236 g/mol. The van der Waals surface area contributed by atoms with Crippen LogP contribution in [-0.2, 0) is 9.53 Å². The fourth-order valence-electron chi connectivity index (χ4n) is 2.46. The number of rotatable bonds is 3. The van der Waals surface area contributed by atoms with Gasteiger partial charge in [0.15, 0.2) is 0 Å². The highest BCUT2D eigenvalue weighted by molar-refractivity contribution is 5.82. The number of allylic oxidation sites excluding steroid dienone is 3. The molecule has 0 N–H and O–H groups in total. The summed E-state index contributed by atoms with van der Waals surface area (Å²) in [5.41, 5.74) is 4.08. The van der Waals surface area contributed by atoms with Crippen LogP contribution in [0.3, 0.4) is 0 Å². The first kappa shape index (κ1) is 14.0. The lowest BCUT2D eigenvalue weighted by Crippen LogP contribution is -2.41. The van der Waals surface area contributed by atoms with E-state index in [0.717, 1.165) is 12.0 Å². The second kappa shape index (κ2) is 5.07. The van der Waals surface area contributed by atoms with Crippen LogP contribution in [0.25, 0.3) is 0 Å². The lowest BCUT2D eigenvalue weighted by Gasteiger charge is -2.48. The van der Waals surface area contributed by atoms with Crippen molar-refractivity contribution in [1.82, 2.24) is 0 Å². The Balaban J connectivity index is 2.50. The van der Waals surface area contributed by atoms with Crippen LogP contribution in [0.5, 0.6) is 0 Å². The van der Waals surface area contributed by atoms with E-state index in [4.69, 9.17) is 4.74 Å². The van der Waals surface area contributed by atoms with Crippen molar-refractivity contribution in [2.24, 2.45) is 11.3 Å². The molecule has 0 aromatic heterocycles. The molecule has 2 heteroatoms. The van der Waals surface area contributed by atoms with E-state index in [9.17, 15) is 4.79 Å².